The molecular weight excluding hydrogens is 340 g/mol. The van der Waals surface area contributed by atoms with Crippen LogP contribution in [0.15, 0.2) is 53.5 Å². The van der Waals surface area contributed by atoms with Gasteiger partial charge in [0.25, 0.3) is 0 Å². The van der Waals surface area contributed by atoms with Crippen LogP contribution in [-0.2, 0) is 11.2 Å². The monoisotopic (exact) mass is 368 g/mol. The normalized spacial score (nSPS) is 11.3. The van der Waals surface area contributed by atoms with Gasteiger partial charge in [0.15, 0.2) is 5.96 Å². The third-order valence-corrected chi connectivity index (χ3v) is 4.21. The van der Waals surface area contributed by atoms with Gasteiger partial charge in [0.2, 0.25) is 0 Å². The van der Waals surface area contributed by atoms with Crippen molar-refractivity contribution < 1.29 is 9.53 Å². The van der Waals surface area contributed by atoms with E-state index in [1.165, 1.54) is 5.56 Å². The number of amides is 2. The molecule has 0 atom stereocenters. The van der Waals surface area contributed by atoms with E-state index >= 15 is 0 Å². The molecule has 27 heavy (non-hydrogen) atoms. The van der Waals surface area contributed by atoms with Gasteiger partial charge in [-0.3, -0.25) is 10.2 Å². The lowest BCUT2D eigenvalue weighted by Crippen LogP contribution is -2.46. The second kappa shape index (κ2) is 10.3. The highest BCUT2D eigenvalue weighted by Gasteiger charge is 2.18. The van der Waals surface area contributed by atoms with E-state index in [1.807, 2.05) is 69.3 Å². The highest BCUT2D eigenvalue weighted by molar-refractivity contribution is 6.03. The second-order valence-electron chi connectivity index (χ2n) is 6.23. The van der Waals surface area contributed by atoms with Crippen molar-refractivity contribution >= 4 is 17.7 Å². The molecule has 0 aliphatic heterocycles. The zero-order valence-electron chi connectivity index (χ0n) is 16.2. The standard InChI is InChI=1S/C21H28N4O2/c1-4-25(19-16(2)9-8-10-17(19)3)21(26)24-20(22)23-15-27-14-13-18-11-6-5-7-12-18/h5-12H,4,13-15H2,1-3H3,(H3,22,23,24,26). The number of nitrogens with two attached hydrogens (primary N) is 1. The highest BCUT2D eigenvalue weighted by Crippen LogP contribution is 2.24. The van der Waals surface area contributed by atoms with Gasteiger partial charge in [-0.05, 0) is 43.9 Å². The predicted octanol–water partition coefficient (Wildman–Crippen LogP) is 3.37. The van der Waals surface area contributed by atoms with E-state index in [0.717, 1.165) is 23.2 Å². The van der Waals surface area contributed by atoms with Crippen molar-refractivity contribution in [2.24, 2.45) is 10.7 Å². The van der Waals surface area contributed by atoms with Crippen molar-refractivity contribution in [1.82, 2.24) is 5.32 Å². The van der Waals surface area contributed by atoms with Crippen LogP contribution in [0.3, 0.4) is 0 Å². The number of anilines is 1. The van der Waals surface area contributed by atoms with Crippen molar-refractivity contribution in [1.29, 1.82) is 0 Å². The van der Waals surface area contributed by atoms with Crippen molar-refractivity contribution in [2.75, 3.05) is 24.8 Å². The lowest BCUT2D eigenvalue weighted by molar-refractivity contribution is 0.145. The molecule has 0 fully saturated rings. The number of nitrogens with one attached hydrogen (secondary N) is 1. The third-order valence-electron chi connectivity index (χ3n) is 4.21. The zero-order chi connectivity index (χ0) is 19.6. The number of ether oxygens (including phenoxy) is 1. The number of benzene rings is 2. The Morgan fingerprint density at radius 3 is 2.41 bits per heavy atom. The van der Waals surface area contributed by atoms with Crippen LogP contribution in [0, 0.1) is 13.8 Å². The van der Waals surface area contributed by atoms with Gasteiger partial charge in [0, 0.05) is 6.54 Å². The van der Waals surface area contributed by atoms with Gasteiger partial charge in [-0.25, -0.2) is 9.79 Å². The third kappa shape index (κ3) is 6.11. The smallest absolute Gasteiger partial charge is 0.328 e. The largest absolute Gasteiger partial charge is 0.370 e. The van der Waals surface area contributed by atoms with Crippen LogP contribution in [0.25, 0.3) is 0 Å². The first-order valence-electron chi connectivity index (χ1n) is 9.09. The van der Waals surface area contributed by atoms with Crippen LogP contribution < -0.4 is 16.0 Å². The molecule has 0 heterocycles. The molecule has 2 aromatic rings. The van der Waals surface area contributed by atoms with E-state index in [4.69, 9.17) is 10.5 Å². The van der Waals surface area contributed by atoms with Gasteiger partial charge in [-0.1, -0.05) is 48.5 Å². The van der Waals surface area contributed by atoms with Crippen molar-refractivity contribution in [3.63, 3.8) is 0 Å². The molecule has 144 valence electrons. The van der Waals surface area contributed by atoms with E-state index < -0.39 is 0 Å². The summed E-state index contributed by atoms with van der Waals surface area (Å²) in [5, 5.41) is 2.63. The van der Waals surface area contributed by atoms with Crippen LogP contribution in [0.2, 0.25) is 0 Å². The summed E-state index contributed by atoms with van der Waals surface area (Å²) in [5.74, 6) is 0.0457. The van der Waals surface area contributed by atoms with Gasteiger partial charge in [0.1, 0.15) is 6.73 Å². The summed E-state index contributed by atoms with van der Waals surface area (Å²) in [4.78, 5) is 18.3. The maximum Gasteiger partial charge on any atom is 0.328 e. The minimum absolute atomic E-state index is 0.0457. The number of rotatable bonds is 7. The lowest BCUT2D eigenvalue weighted by atomic mass is 10.1. The van der Waals surface area contributed by atoms with Crippen molar-refractivity contribution in [3.8, 4) is 0 Å². The molecule has 0 aromatic heterocycles. The number of hydrogen-bond acceptors (Lipinski definition) is 3. The maximum atomic E-state index is 12.6. The molecule has 0 radical (unpaired) electrons. The maximum absolute atomic E-state index is 12.6. The van der Waals surface area contributed by atoms with Crippen molar-refractivity contribution in [2.45, 2.75) is 27.2 Å². The summed E-state index contributed by atoms with van der Waals surface area (Å²) >= 11 is 0. The van der Waals surface area contributed by atoms with Gasteiger partial charge >= 0.3 is 6.03 Å². The van der Waals surface area contributed by atoms with Crippen LogP contribution in [0.1, 0.15) is 23.6 Å². The molecule has 0 spiro atoms. The molecule has 0 unspecified atom stereocenters. The lowest BCUT2D eigenvalue weighted by Gasteiger charge is -2.25. The minimum Gasteiger partial charge on any atom is -0.370 e. The minimum atomic E-state index is -0.305. The van der Waals surface area contributed by atoms with Crippen LogP contribution in [0.5, 0.6) is 0 Å². The van der Waals surface area contributed by atoms with E-state index in [-0.39, 0.29) is 18.7 Å². The Balaban J connectivity index is 1.85. The molecule has 0 saturated carbocycles. The summed E-state index contributed by atoms with van der Waals surface area (Å²) in [5.41, 5.74) is 9.99. The number of para-hydroxylation sites is 1. The second-order valence-corrected chi connectivity index (χ2v) is 6.23. The van der Waals surface area contributed by atoms with Crippen molar-refractivity contribution in [3.05, 3.63) is 65.2 Å². The van der Waals surface area contributed by atoms with Gasteiger partial charge in [-0.2, -0.15) is 0 Å². The number of aliphatic imine (C=N–C) groups is 1. The fourth-order valence-corrected chi connectivity index (χ4v) is 2.87. The molecule has 6 heteroatoms. The number of hydrogen-bond donors (Lipinski definition) is 2. The molecule has 6 nitrogen and oxygen atoms in total. The first kappa shape index (κ1) is 20.5. The first-order valence-corrected chi connectivity index (χ1v) is 9.09. The summed E-state index contributed by atoms with van der Waals surface area (Å²) in [6.07, 6.45) is 0.804. The Kier molecular flexibility index (Phi) is 7.82. The quantitative estimate of drug-likeness (QED) is 0.447. The highest BCUT2D eigenvalue weighted by atomic mass is 16.5. The van der Waals surface area contributed by atoms with E-state index in [2.05, 4.69) is 10.3 Å². The molecule has 2 aromatic carbocycles. The van der Waals surface area contributed by atoms with Crippen LogP contribution in [0.4, 0.5) is 10.5 Å². The summed E-state index contributed by atoms with van der Waals surface area (Å²) < 4.78 is 5.47. The molecule has 0 aliphatic carbocycles. The van der Waals surface area contributed by atoms with E-state index in [0.29, 0.717) is 13.2 Å². The van der Waals surface area contributed by atoms with Crippen LogP contribution >= 0.6 is 0 Å². The molecule has 2 amide bonds. The summed E-state index contributed by atoms with van der Waals surface area (Å²) in [6, 6.07) is 15.7. The predicted molar refractivity (Wildman–Crippen MR) is 110 cm³/mol. The fraction of sp³-hybridized carbons (Fsp3) is 0.333. The summed E-state index contributed by atoms with van der Waals surface area (Å²) in [6.45, 7) is 7.06. The molecule has 2 rings (SSSR count). The molecule has 0 bridgehead atoms. The number of guanidine groups is 1. The first-order chi connectivity index (χ1) is 13.0. The van der Waals surface area contributed by atoms with Crippen LogP contribution in [-0.4, -0.2) is 31.9 Å². The number of urea groups is 1. The SMILES string of the molecule is CCN(C(=O)NC(N)=NCOCCc1ccccc1)c1c(C)cccc1C. The Morgan fingerprint density at radius 1 is 1.11 bits per heavy atom. The number of aryl methyl sites for hydroxylation is 2. The Morgan fingerprint density at radius 2 is 1.78 bits per heavy atom. The van der Waals surface area contributed by atoms with Gasteiger partial charge < -0.3 is 10.5 Å². The Bertz CT molecular complexity index is 755. The number of carbonyl (C=O) groups is 1. The van der Waals surface area contributed by atoms with Gasteiger partial charge in [0.05, 0.1) is 12.3 Å². The topological polar surface area (TPSA) is 80.0 Å². The average molecular weight is 368 g/mol. The molecular formula is C21H28N4O2. The fourth-order valence-electron chi connectivity index (χ4n) is 2.87. The van der Waals surface area contributed by atoms with E-state index in [1.54, 1.807) is 4.90 Å². The number of nitrogens with zero attached hydrogens (tertiary/aromatic N) is 2. The number of carbonyl (C=O) groups excluding carboxylic acids is 1. The zero-order valence-corrected chi connectivity index (χ0v) is 16.2. The van der Waals surface area contributed by atoms with E-state index in [9.17, 15) is 4.79 Å². The molecule has 0 aliphatic rings. The Labute approximate surface area is 161 Å². The van der Waals surface area contributed by atoms with Gasteiger partial charge in [-0.15, -0.1) is 0 Å². The Hall–Kier alpha value is -2.86. The summed E-state index contributed by atoms with van der Waals surface area (Å²) in [7, 11) is 0. The molecule has 0 saturated heterocycles. The molecule has 3 N–H and O–H groups in total. The average Bonchev–Trinajstić information content (AvgIpc) is 2.65.